The molecule has 0 unspecified atom stereocenters. The van der Waals surface area contributed by atoms with E-state index in [1.807, 2.05) is 13.1 Å². The van der Waals surface area contributed by atoms with Crippen molar-refractivity contribution < 1.29 is 9.90 Å². The van der Waals surface area contributed by atoms with Crippen LogP contribution in [0.1, 0.15) is 17.4 Å². The van der Waals surface area contributed by atoms with Gasteiger partial charge in [-0.05, 0) is 13.0 Å². The molecule has 0 bridgehead atoms. The summed E-state index contributed by atoms with van der Waals surface area (Å²) in [6, 6.07) is 1.54. The molecule has 0 fully saturated rings. The van der Waals surface area contributed by atoms with Crippen molar-refractivity contribution in [2.45, 2.75) is 13.5 Å². The highest BCUT2D eigenvalue weighted by molar-refractivity contribution is 5.87. The van der Waals surface area contributed by atoms with Crippen LogP contribution in [0.15, 0.2) is 18.5 Å². The van der Waals surface area contributed by atoms with Crippen molar-refractivity contribution in [2.75, 3.05) is 0 Å². The van der Waals surface area contributed by atoms with Crippen molar-refractivity contribution in [3.63, 3.8) is 0 Å². The Balaban J connectivity index is 2.41. The highest BCUT2D eigenvalue weighted by Crippen LogP contribution is 2.17. The van der Waals surface area contributed by atoms with E-state index in [-0.39, 0.29) is 5.69 Å². The predicted octanol–water partition coefficient (Wildman–Crippen LogP) is 1.00. The summed E-state index contributed by atoms with van der Waals surface area (Å²) in [7, 11) is 1.61. The second-order valence-electron chi connectivity index (χ2n) is 3.43. The molecule has 6 heteroatoms. The molecule has 0 spiro atoms. The number of carboxylic acid groups (broad SMARTS) is 1. The first kappa shape index (κ1) is 10.4. The molecule has 0 radical (unpaired) electrons. The summed E-state index contributed by atoms with van der Waals surface area (Å²) in [6.45, 7) is 2.76. The van der Waals surface area contributed by atoms with E-state index in [1.54, 1.807) is 24.0 Å². The van der Waals surface area contributed by atoms with Crippen molar-refractivity contribution in [1.82, 2.24) is 19.6 Å². The van der Waals surface area contributed by atoms with Crippen LogP contribution in [0.3, 0.4) is 0 Å². The lowest BCUT2D eigenvalue weighted by atomic mass is 10.2. The SMILES string of the molecule is CCn1cc(-c2cc(C(=O)O)n(C)n2)cn1. The molecule has 0 aliphatic rings. The molecule has 0 atom stereocenters. The van der Waals surface area contributed by atoms with E-state index < -0.39 is 5.97 Å². The molecule has 2 aromatic heterocycles. The molecule has 0 aliphatic heterocycles. The third-order valence-corrected chi connectivity index (χ3v) is 2.35. The third kappa shape index (κ3) is 1.69. The molecule has 0 amide bonds. The lowest BCUT2D eigenvalue weighted by Crippen LogP contribution is -2.04. The van der Waals surface area contributed by atoms with Gasteiger partial charge in [-0.3, -0.25) is 9.36 Å². The summed E-state index contributed by atoms with van der Waals surface area (Å²) in [6.07, 6.45) is 3.52. The van der Waals surface area contributed by atoms with E-state index in [1.165, 1.54) is 4.68 Å². The Hall–Kier alpha value is -2.11. The zero-order valence-electron chi connectivity index (χ0n) is 9.08. The van der Waals surface area contributed by atoms with Gasteiger partial charge < -0.3 is 5.11 Å². The number of rotatable bonds is 3. The van der Waals surface area contributed by atoms with Crippen molar-refractivity contribution >= 4 is 5.97 Å². The van der Waals surface area contributed by atoms with E-state index in [9.17, 15) is 4.79 Å². The Morgan fingerprint density at radius 3 is 2.81 bits per heavy atom. The first-order valence-corrected chi connectivity index (χ1v) is 4.92. The standard InChI is InChI=1S/C10H12N4O2/c1-3-14-6-7(5-11-14)8-4-9(10(15)16)13(2)12-8/h4-6H,3H2,1-2H3,(H,15,16). The van der Waals surface area contributed by atoms with E-state index >= 15 is 0 Å². The van der Waals surface area contributed by atoms with Crippen molar-refractivity contribution in [3.05, 3.63) is 24.2 Å². The minimum absolute atomic E-state index is 0.166. The number of aryl methyl sites for hydroxylation is 2. The molecular weight excluding hydrogens is 208 g/mol. The van der Waals surface area contributed by atoms with Crippen LogP contribution >= 0.6 is 0 Å². The van der Waals surface area contributed by atoms with Gasteiger partial charge in [0.25, 0.3) is 0 Å². The van der Waals surface area contributed by atoms with Crippen LogP contribution in [0.5, 0.6) is 0 Å². The van der Waals surface area contributed by atoms with Crippen LogP contribution in [0.4, 0.5) is 0 Å². The largest absolute Gasteiger partial charge is 0.477 e. The monoisotopic (exact) mass is 220 g/mol. The number of hydrogen-bond donors (Lipinski definition) is 1. The van der Waals surface area contributed by atoms with Crippen LogP contribution in [-0.2, 0) is 13.6 Å². The van der Waals surface area contributed by atoms with E-state index in [4.69, 9.17) is 5.11 Å². The van der Waals surface area contributed by atoms with Gasteiger partial charge in [0.15, 0.2) is 0 Å². The predicted molar refractivity (Wildman–Crippen MR) is 57.1 cm³/mol. The Morgan fingerprint density at radius 2 is 2.31 bits per heavy atom. The summed E-state index contributed by atoms with van der Waals surface area (Å²) in [5, 5.41) is 17.1. The molecule has 2 rings (SSSR count). The molecule has 0 aromatic carbocycles. The second-order valence-corrected chi connectivity index (χ2v) is 3.43. The van der Waals surface area contributed by atoms with E-state index in [0.717, 1.165) is 12.1 Å². The van der Waals surface area contributed by atoms with Crippen LogP contribution in [0.2, 0.25) is 0 Å². The van der Waals surface area contributed by atoms with Gasteiger partial charge in [-0.25, -0.2) is 4.79 Å². The number of aromatic nitrogens is 4. The molecule has 2 heterocycles. The lowest BCUT2D eigenvalue weighted by Gasteiger charge is -1.91. The summed E-state index contributed by atoms with van der Waals surface area (Å²) in [4.78, 5) is 10.8. The summed E-state index contributed by atoms with van der Waals surface area (Å²) in [5.74, 6) is -0.982. The van der Waals surface area contributed by atoms with Gasteiger partial charge in [0.2, 0.25) is 0 Å². The van der Waals surface area contributed by atoms with Crippen molar-refractivity contribution in [2.24, 2.45) is 7.05 Å². The van der Waals surface area contributed by atoms with Crippen LogP contribution < -0.4 is 0 Å². The van der Waals surface area contributed by atoms with Crippen LogP contribution in [0, 0.1) is 0 Å². The molecular formula is C10H12N4O2. The lowest BCUT2D eigenvalue weighted by molar-refractivity contribution is 0.0685. The van der Waals surface area contributed by atoms with Crippen molar-refractivity contribution in [3.8, 4) is 11.3 Å². The third-order valence-electron chi connectivity index (χ3n) is 2.35. The van der Waals surface area contributed by atoms with Gasteiger partial charge in [0, 0.05) is 25.4 Å². The maximum absolute atomic E-state index is 10.8. The quantitative estimate of drug-likeness (QED) is 0.837. The normalized spacial score (nSPS) is 10.6. The van der Waals surface area contributed by atoms with Gasteiger partial charge in [-0.1, -0.05) is 0 Å². The smallest absolute Gasteiger partial charge is 0.354 e. The van der Waals surface area contributed by atoms with Gasteiger partial charge in [-0.2, -0.15) is 10.2 Å². The Bertz CT molecular complexity index is 527. The van der Waals surface area contributed by atoms with E-state index in [0.29, 0.717) is 5.69 Å². The maximum Gasteiger partial charge on any atom is 0.354 e. The highest BCUT2D eigenvalue weighted by atomic mass is 16.4. The number of aromatic carboxylic acids is 1. The minimum atomic E-state index is -0.982. The van der Waals surface area contributed by atoms with E-state index in [2.05, 4.69) is 10.2 Å². The number of hydrogen-bond acceptors (Lipinski definition) is 3. The van der Waals surface area contributed by atoms with Crippen LogP contribution in [0.25, 0.3) is 11.3 Å². The summed E-state index contributed by atoms with van der Waals surface area (Å²) < 4.78 is 3.12. The Morgan fingerprint density at radius 1 is 1.56 bits per heavy atom. The second kappa shape index (κ2) is 3.80. The first-order valence-electron chi connectivity index (χ1n) is 4.92. The Kier molecular flexibility index (Phi) is 2.47. The van der Waals surface area contributed by atoms with Gasteiger partial charge in [0.05, 0.1) is 11.9 Å². The number of nitrogens with zero attached hydrogens (tertiary/aromatic N) is 4. The zero-order valence-corrected chi connectivity index (χ0v) is 9.08. The van der Waals surface area contributed by atoms with Crippen molar-refractivity contribution in [1.29, 1.82) is 0 Å². The average Bonchev–Trinajstić information content (AvgIpc) is 2.83. The first-order chi connectivity index (χ1) is 7.61. The molecule has 0 aliphatic carbocycles. The molecule has 1 N–H and O–H groups in total. The minimum Gasteiger partial charge on any atom is -0.477 e. The average molecular weight is 220 g/mol. The molecule has 84 valence electrons. The summed E-state index contributed by atoms with van der Waals surface area (Å²) in [5.41, 5.74) is 1.61. The molecule has 2 aromatic rings. The molecule has 0 saturated carbocycles. The zero-order chi connectivity index (χ0) is 11.7. The van der Waals surface area contributed by atoms with Gasteiger partial charge >= 0.3 is 5.97 Å². The molecule has 6 nitrogen and oxygen atoms in total. The highest BCUT2D eigenvalue weighted by Gasteiger charge is 2.13. The molecule has 16 heavy (non-hydrogen) atoms. The number of carbonyl (C=O) groups is 1. The van der Waals surface area contributed by atoms with Gasteiger partial charge in [-0.15, -0.1) is 0 Å². The summed E-state index contributed by atoms with van der Waals surface area (Å²) >= 11 is 0. The number of carboxylic acids is 1. The fourth-order valence-corrected chi connectivity index (χ4v) is 1.48. The maximum atomic E-state index is 10.8. The van der Waals surface area contributed by atoms with Crippen LogP contribution in [-0.4, -0.2) is 30.6 Å². The Labute approximate surface area is 92.1 Å². The fraction of sp³-hybridized carbons (Fsp3) is 0.300. The molecule has 0 saturated heterocycles. The topological polar surface area (TPSA) is 72.9 Å². The van der Waals surface area contributed by atoms with Gasteiger partial charge in [0.1, 0.15) is 5.69 Å². The fourth-order valence-electron chi connectivity index (χ4n) is 1.48.